The fourth-order valence-electron chi connectivity index (χ4n) is 17.3. The second-order valence-corrected chi connectivity index (χ2v) is 51.9. The van der Waals surface area contributed by atoms with Crippen LogP contribution in [0.15, 0.2) is 0 Å². The Hall–Kier alpha value is -0.840. The van der Waals surface area contributed by atoms with E-state index < -0.39 is 0 Å². The van der Waals surface area contributed by atoms with Gasteiger partial charge in [-0.15, -0.1) is 0 Å². The van der Waals surface area contributed by atoms with Crippen LogP contribution in [0.1, 0.15) is 597 Å². The van der Waals surface area contributed by atoms with Gasteiger partial charge in [-0.05, 0) is 456 Å². The first kappa shape index (κ1) is 174. The molecule has 0 amide bonds. The largest absolute Gasteiger partial charge is 0.330 e. The molecular weight excluding hydrogens is 1840 g/mol. The van der Waals surface area contributed by atoms with Crippen LogP contribution in [0.5, 0.6) is 0 Å². The minimum atomic E-state index is 0.397. The molecule has 1 rings (SSSR count). The van der Waals surface area contributed by atoms with Crippen LogP contribution in [0.2, 0.25) is 0 Å². The Kier molecular flexibility index (Phi) is 165. The van der Waals surface area contributed by atoms with E-state index in [0.29, 0.717) is 32.5 Å². The lowest BCUT2D eigenvalue weighted by Crippen LogP contribution is -2.26. The molecule has 21 heteroatoms. The Morgan fingerprint density at radius 3 is 0.513 bits per heavy atom. The highest BCUT2D eigenvalue weighted by atomic mass is 14.9. The van der Waals surface area contributed by atoms with E-state index in [1.54, 1.807) is 0 Å². The van der Waals surface area contributed by atoms with Crippen molar-refractivity contribution in [2.45, 2.75) is 597 Å². The van der Waals surface area contributed by atoms with Gasteiger partial charge in [-0.25, -0.2) is 0 Å². The van der Waals surface area contributed by atoms with Crippen LogP contribution in [0, 0.1) is 73.9 Å². The monoisotopic (exact) mass is 2150 g/mol. The van der Waals surface area contributed by atoms with Crippen LogP contribution < -0.4 is 119 Å². The average Bonchev–Trinajstić information content (AvgIpc) is 0.953. The van der Waals surface area contributed by atoms with Gasteiger partial charge < -0.3 is 119 Å². The molecule has 1 aliphatic rings. The van der Waals surface area contributed by atoms with Crippen molar-refractivity contribution in [2.75, 3.05) is 164 Å². The number of unbranched alkanes of at least 4 members (excludes halogenated alkanes) is 26. The summed E-state index contributed by atoms with van der Waals surface area (Å²) >= 11 is 0. The standard InChI is InChI=1S/C12H26N2.C12H27N.C11H26N2.2C11H25N.C10H24N2.4C9H22N2.2C9H21N.C8H20N2/c1-12(2)6-3-8-13-10-5-11-14-9-4-7-12;1-12(2)10-8-6-4-3-5-7-9-11-13;1-11(2,8-10-13)7-5-3-4-6-9-12;2*1-11(2)9-7-5-3-4-6-8-10-12;1-10(2,7-5-9-12)6-3-4-8-11;2*1-9(2)5-3-7-11-8-4-6-10;2*1-9(2,5-3-7-10)6-4-8-11;2*1-9(2)7-5-3-4-6-8-10;1-8(2,5-7-10)4-3-6-9/h13-14H,3-11H2,1-2H3;12H,3-11,13H2,1-2H3;3-10,12-13H2,1-2H3;2*11H,3-10,12H2,1-2H3;3-9,11-12H2,1-2H3;2*9,11H,3-8,10H2,1-2H3;2*3-8,10-11H2,1-2H3;2*9H,3-8,10H2,1-2H3;3-7,9-10H2,1-2H3. The lowest BCUT2D eigenvalue weighted by Gasteiger charge is -2.25. The Morgan fingerprint density at radius 1 is 0.173 bits per heavy atom. The summed E-state index contributed by atoms with van der Waals surface area (Å²) in [7, 11) is 0. The maximum atomic E-state index is 5.55. The molecule has 0 bridgehead atoms. The smallest absolute Gasteiger partial charge is 0.00368 e. The molecule has 0 atom stereocenters. The molecule has 0 aromatic rings. The first-order valence-electron chi connectivity index (χ1n) is 65.0. The molecule has 0 spiro atoms. The molecule has 21 nitrogen and oxygen atoms in total. The highest BCUT2D eigenvalue weighted by molar-refractivity contribution is 4.75. The summed E-state index contributed by atoms with van der Waals surface area (Å²) in [6, 6.07) is 0. The SMILES string of the molecule is CC(C)(CCCN)CCCCN.CC(C)(CCCN)CCCN.CC(C)(CCCN)CCCN.CC(C)(CCN)CCCCCCN.CC(C)(CCN)CCCN.CC(C)CCCCCCCCCN.CC(C)CCCCCCCCN.CC(C)CCCCCCCCN.CC(C)CCCCCCN.CC(C)CCCCCCN.CC(C)CCCNCCCN.CC(C)CCCNCCCN.CC1(C)CCCNCCCNCCC1. The van der Waals surface area contributed by atoms with E-state index in [4.69, 9.17) is 97.5 Å². The third kappa shape index (κ3) is 201. The zero-order valence-corrected chi connectivity index (χ0v) is 108. The van der Waals surface area contributed by atoms with Gasteiger partial charge in [-0.1, -0.05) is 379 Å². The second-order valence-electron chi connectivity index (χ2n) is 51.9. The number of nitrogens with one attached hydrogen (secondary N) is 4. The van der Waals surface area contributed by atoms with E-state index >= 15 is 0 Å². The summed E-state index contributed by atoms with van der Waals surface area (Å²) in [6.45, 7) is 83.0. The number of nitrogens with two attached hydrogens (primary N) is 17. The summed E-state index contributed by atoms with van der Waals surface area (Å²) in [5.41, 5.74) is 94.9. The summed E-state index contributed by atoms with van der Waals surface area (Å²) in [5, 5.41) is 13.7. The summed E-state index contributed by atoms with van der Waals surface area (Å²) in [5.74, 6) is 6.08. The third-order valence-electron chi connectivity index (χ3n) is 28.0. The van der Waals surface area contributed by atoms with Crippen molar-refractivity contribution < 1.29 is 0 Å². The van der Waals surface area contributed by atoms with Crippen molar-refractivity contribution in [2.24, 2.45) is 171 Å². The number of hydrogen-bond acceptors (Lipinski definition) is 21. The van der Waals surface area contributed by atoms with Gasteiger partial charge in [0.2, 0.25) is 0 Å². The van der Waals surface area contributed by atoms with E-state index in [2.05, 4.69) is 201 Å². The highest BCUT2D eigenvalue weighted by Crippen LogP contribution is 2.33. The maximum absolute atomic E-state index is 5.55. The summed E-state index contributed by atoms with van der Waals surface area (Å²) in [6.07, 6.45) is 84.1. The number of hydrogen-bond donors (Lipinski definition) is 21. The van der Waals surface area contributed by atoms with Crippen LogP contribution in [-0.2, 0) is 0 Å². The van der Waals surface area contributed by atoms with Crippen LogP contribution in [-0.4, -0.2) is 164 Å². The first-order chi connectivity index (χ1) is 71.2. The Morgan fingerprint density at radius 2 is 0.320 bits per heavy atom. The van der Waals surface area contributed by atoms with Crippen molar-refractivity contribution in [1.29, 1.82) is 0 Å². The van der Waals surface area contributed by atoms with Gasteiger partial charge in [-0.2, -0.15) is 0 Å². The normalized spacial score (nSPS) is 12.8. The first-order valence-corrected chi connectivity index (χ1v) is 65.0. The minimum Gasteiger partial charge on any atom is -0.330 e. The van der Waals surface area contributed by atoms with Gasteiger partial charge in [0.15, 0.2) is 0 Å². The molecule has 0 aromatic heterocycles. The van der Waals surface area contributed by atoms with Gasteiger partial charge in [-0.3, -0.25) is 0 Å². The molecule has 150 heavy (non-hydrogen) atoms. The van der Waals surface area contributed by atoms with Crippen molar-refractivity contribution in [3.05, 3.63) is 0 Å². The molecule has 0 unspecified atom stereocenters. The van der Waals surface area contributed by atoms with Crippen LogP contribution in [0.25, 0.3) is 0 Å². The fourth-order valence-corrected chi connectivity index (χ4v) is 17.3. The van der Waals surface area contributed by atoms with E-state index in [1.165, 1.54) is 373 Å². The van der Waals surface area contributed by atoms with Gasteiger partial charge in [0.25, 0.3) is 0 Å². The summed E-state index contributed by atoms with van der Waals surface area (Å²) in [4.78, 5) is 0. The molecule has 0 saturated carbocycles. The van der Waals surface area contributed by atoms with Gasteiger partial charge in [0.1, 0.15) is 0 Å². The summed E-state index contributed by atoms with van der Waals surface area (Å²) < 4.78 is 0. The highest BCUT2D eigenvalue weighted by Gasteiger charge is 2.21. The molecule has 1 fully saturated rings. The molecule has 1 aliphatic heterocycles. The van der Waals surface area contributed by atoms with Crippen molar-refractivity contribution in [1.82, 2.24) is 21.3 Å². The molecule has 0 aliphatic carbocycles. The van der Waals surface area contributed by atoms with Crippen LogP contribution in [0.3, 0.4) is 0 Å². The minimum absolute atomic E-state index is 0.397. The Labute approximate surface area is 947 Å². The molecular formula is C129H303N21. The zero-order valence-electron chi connectivity index (χ0n) is 108. The maximum Gasteiger partial charge on any atom is -0.00368 e. The fraction of sp³-hybridized carbons (Fsp3) is 1.00. The third-order valence-corrected chi connectivity index (χ3v) is 28.0. The molecule has 38 N–H and O–H groups in total. The predicted octanol–water partition coefficient (Wildman–Crippen LogP) is 28.6. The van der Waals surface area contributed by atoms with Crippen molar-refractivity contribution >= 4 is 0 Å². The quantitative estimate of drug-likeness (QED) is 0.0251. The van der Waals surface area contributed by atoms with E-state index in [-0.39, 0.29) is 0 Å². The molecule has 0 aromatic carbocycles. The zero-order chi connectivity index (χ0) is 117. The van der Waals surface area contributed by atoms with E-state index in [9.17, 15) is 0 Å². The van der Waals surface area contributed by atoms with Gasteiger partial charge in [0, 0.05) is 0 Å². The predicted molar refractivity (Wildman–Crippen MR) is 692 cm³/mol. The Balaban J connectivity index is -0.000000138. The second kappa shape index (κ2) is 142. The van der Waals surface area contributed by atoms with Crippen molar-refractivity contribution in [3.63, 3.8) is 0 Å². The number of rotatable bonds is 83. The lowest BCUT2D eigenvalue weighted by molar-refractivity contribution is 0.285. The molecule has 1 saturated heterocycles. The lowest BCUT2D eigenvalue weighted by atomic mass is 9.83. The van der Waals surface area contributed by atoms with E-state index in [0.717, 1.165) is 249 Å². The van der Waals surface area contributed by atoms with Crippen LogP contribution in [0.4, 0.5) is 0 Å². The average molecular weight is 2150 g/mol. The van der Waals surface area contributed by atoms with Gasteiger partial charge >= 0.3 is 0 Å². The topological polar surface area (TPSA) is 490 Å². The van der Waals surface area contributed by atoms with Crippen LogP contribution >= 0.6 is 0 Å². The van der Waals surface area contributed by atoms with Crippen molar-refractivity contribution in [3.8, 4) is 0 Å². The van der Waals surface area contributed by atoms with Gasteiger partial charge in [0.05, 0.1) is 0 Å². The van der Waals surface area contributed by atoms with E-state index in [1.807, 2.05) is 0 Å². The molecule has 1 heterocycles. The molecule has 0 radical (unpaired) electrons. The Bertz CT molecular complexity index is 2120. The molecule has 924 valence electrons.